The molecule has 2 N–H and O–H groups in total. The Morgan fingerprint density at radius 1 is 1.43 bits per heavy atom. The molecule has 28 heavy (non-hydrogen) atoms. The van der Waals surface area contributed by atoms with Crippen LogP contribution in [-0.2, 0) is 16.1 Å². The van der Waals surface area contributed by atoms with Crippen LogP contribution in [0.15, 0.2) is 10.5 Å². The average molecular weight is 478 g/mol. The van der Waals surface area contributed by atoms with Crippen molar-refractivity contribution >= 4 is 39.6 Å². The van der Waals surface area contributed by atoms with E-state index < -0.39 is 11.6 Å². The minimum Gasteiger partial charge on any atom is -0.478 e. The van der Waals surface area contributed by atoms with E-state index in [1.807, 2.05) is 20.8 Å². The van der Waals surface area contributed by atoms with Crippen LogP contribution in [0, 0.1) is 6.92 Å². The van der Waals surface area contributed by atoms with Gasteiger partial charge in [-0.3, -0.25) is 0 Å². The van der Waals surface area contributed by atoms with Gasteiger partial charge >= 0.3 is 12.1 Å². The molecule has 1 aliphatic heterocycles. The summed E-state index contributed by atoms with van der Waals surface area (Å²) in [6, 6.07) is 1.36. The van der Waals surface area contributed by atoms with Gasteiger partial charge in [0.1, 0.15) is 5.60 Å². The van der Waals surface area contributed by atoms with Crippen molar-refractivity contribution in [3.05, 3.63) is 32.3 Å². The van der Waals surface area contributed by atoms with Crippen molar-refractivity contribution in [3.63, 3.8) is 0 Å². The maximum Gasteiger partial charge on any atom is 0.410 e. The van der Waals surface area contributed by atoms with E-state index in [0.29, 0.717) is 41.3 Å². The van der Waals surface area contributed by atoms with Crippen molar-refractivity contribution in [2.24, 2.45) is 0 Å². The molecule has 1 saturated heterocycles. The van der Waals surface area contributed by atoms with Gasteiger partial charge in [-0.15, -0.1) is 0 Å². The zero-order valence-corrected chi connectivity index (χ0v) is 18.8. The molecule has 0 aromatic heterocycles. The van der Waals surface area contributed by atoms with E-state index in [9.17, 15) is 14.7 Å². The number of nitrogens with zero attached hydrogens (tertiary/aromatic N) is 1. The maximum atomic E-state index is 12.2. The van der Waals surface area contributed by atoms with E-state index in [2.05, 4.69) is 21.2 Å². The predicted molar refractivity (Wildman–Crippen MR) is 110 cm³/mol. The molecule has 7 nitrogen and oxygen atoms in total. The fourth-order valence-electron chi connectivity index (χ4n) is 2.90. The number of rotatable bonds is 5. The molecule has 0 aliphatic carbocycles. The van der Waals surface area contributed by atoms with Crippen molar-refractivity contribution in [3.8, 4) is 0 Å². The minimum absolute atomic E-state index is 0.0643. The van der Waals surface area contributed by atoms with Gasteiger partial charge < -0.3 is 24.8 Å². The molecule has 1 fully saturated rings. The molecule has 0 unspecified atom stereocenters. The molecule has 1 aliphatic rings. The third-order valence-electron chi connectivity index (χ3n) is 4.29. The molecular weight excluding hydrogens is 452 g/mol. The number of benzene rings is 1. The second-order valence-corrected chi connectivity index (χ2v) is 8.92. The molecule has 2 rings (SSSR count). The van der Waals surface area contributed by atoms with Crippen LogP contribution in [0.1, 0.15) is 42.3 Å². The first-order valence-electron chi connectivity index (χ1n) is 8.99. The van der Waals surface area contributed by atoms with Crippen LogP contribution < -0.4 is 5.32 Å². The van der Waals surface area contributed by atoms with E-state index in [1.165, 1.54) is 6.07 Å². The first-order chi connectivity index (χ1) is 13.0. The van der Waals surface area contributed by atoms with Crippen molar-refractivity contribution in [1.82, 2.24) is 10.2 Å². The summed E-state index contributed by atoms with van der Waals surface area (Å²) in [6.07, 6.45) is -0.343. The van der Waals surface area contributed by atoms with Crippen LogP contribution in [-0.4, -0.2) is 60.0 Å². The second kappa shape index (κ2) is 9.43. The maximum absolute atomic E-state index is 12.2. The smallest absolute Gasteiger partial charge is 0.410 e. The van der Waals surface area contributed by atoms with Gasteiger partial charge in [-0.25, -0.2) is 9.59 Å². The predicted octanol–water partition coefficient (Wildman–Crippen LogP) is 3.83. The van der Waals surface area contributed by atoms with E-state index >= 15 is 0 Å². The van der Waals surface area contributed by atoms with Crippen molar-refractivity contribution in [1.29, 1.82) is 0 Å². The molecule has 156 valence electrons. The number of carboxylic acid groups (broad SMARTS) is 1. The highest BCUT2D eigenvalue weighted by Crippen LogP contribution is 2.31. The Morgan fingerprint density at radius 2 is 2.11 bits per heavy atom. The average Bonchev–Trinajstić information content (AvgIpc) is 2.60. The number of ether oxygens (including phenoxy) is 2. The number of amides is 1. The van der Waals surface area contributed by atoms with E-state index in [0.717, 1.165) is 5.56 Å². The van der Waals surface area contributed by atoms with Crippen LogP contribution in [0.5, 0.6) is 0 Å². The quantitative estimate of drug-likeness (QED) is 0.670. The number of nitrogens with one attached hydrogen (secondary N) is 1. The fraction of sp³-hybridized carbons (Fsp3) is 0.579. The number of hydrogen-bond acceptors (Lipinski definition) is 5. The lowest BCUT2D eigenvalue weighted by Crippen LogP contribution is -2.55. The summed E-state index contributed by atoms with van der Waals surface area (Å²) < 4.78 is 11.9. The zero-order chi connectivity index (χ0) is 21.1. The number of carbonyl (C=O) groups excluding carboxylic acids is 1. The number of carboxylic acids is 1. The number of aromatic carboxylic acids is 1. The van der Waals surface area contributed by atoms with Crippen molar-refractivity contribution in [2.45, 2.75) is 45.9 Å². The van der Waals surface area contributed by atoms with Crippen LogP contribution in [0.4, 0.5) is 4.79 Å². The lowest BCUT2D eigenvalue weighted by atomic mass is 10.0. The first kappa shape index (κ1) is 22.9. The Bertz CT molecular complexity index is 751. The molecule has 0 radical (unpaired) electrons. The highest BCUT2D eigenvalue weighted by molar-refractivity contribution is 9.10. The fourth-order valence-corrected chi connectivity index (χ4v) is 3.50. The normalized spacial score (nSPS) is 17.5. The number of piperazine rings is 1. The Balaban J connectivity index is 1.97. The Hall–Kier alpha value is -1.35. The first-order valence-corrected chi connectivity index (χ1v) is 10.2. The van der Waals surface area contributed by atoms with E-state index in [1.54, 1.807) is 11.8 Å². The lowest BCUT2D eigenvalue weighted by molar-refractivity contribution is 0.0126. The van der Waals surface area contributed by atoms with Gasteiger partial charge in [-0.2, -0.15) is 0 Å². The van der Waals surface area contributed by atoms with Crippen LogP contribution >= 0.6 is 27.5 Å². The summed E-state index contributed by atoms with van der Waals surface area (Å²) in [5.74, 6) is -1.05. The standard InChI is InChI=1S/C19H26BrClN2O5/c1-11-14(13(17(24)25)7-15(21)16(11)20)10-27-9-12-8-23(6-5-22-12)18(26)28-19(2,3)4/h7,12,22H,5-6,8-10H2,1-4H3,(H,24,25)/t12-/m1/s1. The van der Waals surface area contributed by atoms with Gasteiger partial charge in [0.15, 0.2) is 0 Å². The minimum atomic E-state index is -1.05. The molecule has 9 heteroatoms. The summed E-state index contributed by atoms with van der Waals surface area (Å²) in [5.41, 5.74) is 0.888. The highest BCUT2D eigenvalue weighted by Gasteiger charge is 2.27. The lowest BCUT2D eigenvalue weighted by Gasteiger charge is -2.34. The van der Waals surface area contributed by atoms with Crippen LogP contribution in [0.3, 0.4) is 0 Å². The third-order valence-corrected chi connectivity index (χ3v) is 5.84. The molecule has 1 aromatic rings. The van der Waals surface area contributed by atoms with E-state index in [4.69, 9.17) is 21.1 Å². The number of halogens is 2. The molecule has 1 amide bonds. The van der Waals surface area contributed by atoms with Gasteiger partial charge in [0, 0.05) is 30.1 Å². The molecule has 1 aromatic carbocycles. The van der Waals surface area contributed by atoms with Crippen LogP contribution in [0.2, 0.25) is 5.02 Å². The molecule has 0 bridgehead atoms. The zero-order valence-electron chi connectivity index (χ0n) is 16.5. The van der Waals surface area contributed by atoms with Gasteiger partial charge in [-0.05, 0) is 60.8 Å². The largest absolute Gasteiger partial charge is 0.478 e. The Labute approximate surface area is 178 Å². The Kier molecular flexibility index (Phi) is 7.73. The summed E-state index contributed by atoms with van der Waals surface area (Å²) in [6.45, 7) is 9.43. The number of hydrogen-bond donors (Lipinski definition) is 2. The topological polar surface area (TPSA) is 88.1 Å². The van der Waals surface area contributed by atoms with Gasteiger partial charge in [0.2, 0.25) is 0 Å². The van der Waals surface area contributed by atoms with Crippen LogP contribution in [0.25, 0.3) is 0 Å². The van der Waals surface area contributed by atoms with Gasteiger partial charge in [-0.1, -0.05) is 11.6 Å². The molecular formula is C19H26BrClN2O5. The Morgan fingerprint density at radius 3 is 2.71 bits per heavy atom. The van der Waals surface area contributed by atoms with E-state index in [-0.39, 0.29) is 24.3 Å². The summed E-state index contributed by atoms with van der Waals surface area (Å²) in [7, 11) is 0. The third kappa shape index (κ3) is 6.07. The molecule has 1 heterocycles. The van der Waals surface area contributed by atoms with Gasteiger partial charge in [0.25, 0.3) is 0 Å². The SMILES string of the molecule is Cc1c(Br)c(Cl)cc(C(=O)O)c1COC[C@H]1CN(C(=O)OC(C)(C)C)CCN1. The molecule has 0 spiro atoms. The summed E-state index contributed by atoms with van der Waals surface area (Å²) in [5, 5.41) is 13.1. The van der Waals surface area contributed by atoms with Gasteiger partial charge in [0.05, 0.1) is 23.8 Å². The summed E-state index contributed by atoms with van der Waals surface area (Å²) in [4.78, 5) is 25.4. The molecule has 1 atom stereocenters. The van der Waals surface area contributed by atoms with Crippen molar-refractivity contribution < 1.29 is 24.2 Å². The monoisotopic (exact) mass is 476 g/mol. The highest BCUT2D eigenvalue weighted by atomic mass is 79.9. The second-order valence-electron chi connectivity index (χ2n) is 7.72. The van der Waals surface area contributed by atoms with Crippen molar-refractivity contribution in [2.75, 3.05) is 26.2 Å². The number of carbonyl (C=O) groups is 2. The molecule has 0 saturated carbocycles. The summed E-state index contributed by atoms with van der Waals surface area (Å²) >= 11 is 9.45.